The van der Waals surface area contributed by atoms with E-state index in [1.54, 1.807) is 6.20 Å². The number of nitrogens with zero attached hydrogens (tertiary/aromatic N) is 5. The monoisotopic (exact) mass is 268 g/mol. The lowest BCUT2D eigenvalue weighted by Gasteiger charge is -2.19. The second-order valence-electron chi connectivity index (χ2n) is 4.39. The van der Waals surface area contributed by atoms with Crippen LogP contribution in [0.25, 0.3) is 0 Å². The van der Waals surface area contributed by atoms with Crippen molar-refractivity contribution in [2.24, 2.45) is 0 Å². The predicted octanol–water partition coefficient (Wildman–Crippen LogP) is 1.75. The molecule has 0 aromatic carbocycles. The molecular formula is C14H16N6. The van der Waals surface area contributed by atoms with Gasteiger partial charge in [0.2, 0.25) is 0 Å². The largest absolute Gasteiger partial charge is 0.357 e. The molecule has 0 aliphatic rings. The van der Waals surface area contributed by atoms with Gasteiger partial charge in [-0.05, 0) is 18.6 Å². The summed E-state index contributed by atoms with van der Waals surface area (Å²) in [5, 5.41) is 11.5. The normalized spacial score (nSPS) is 9.85. The smallest absolute Gasteiger partial charge is 0.134 e. The summed E-state index contributed by atoms with van der Waals surface area (Å²) >= 11 is 0. The average molecular weight is 268 g/mol. The summed E-state index contributed by atoms with van der Waals surface area (Å²) in [5.41, 5.74) is 1.11. The Morgan fingerprint density at radius 1 is 1.40 bits per heavy atom. The molecule has 0 atom stereocenters. The van der Waals surface area contributed by atoms with E-state index in [1.807, 2.05) is 49.3 Å². The number of rotatable bonds is 5. The Kier molecular flexibility index (Phi) is 4.45. The Morgan fingerprint density at radius 2 is 2.25 bits per heavy atom. The summed E-state index contributed by atoms with van der Waals surface area (Å²) < 4.78 is 0. The average Bonchev–Trinajstić information content (AvgIpc) is 2.45. The second kappa shape index (κ2) is 6.48. The zero-order valence-electron chi connectivity index (χ0n) is 11.5. The Hall–Kier alpha value is -2.68. The van der Waals surface area contributed by atoms with Gasteiger partial charge in [0.1, 0.15) is 24.0 Å². The molecule has 0 amide bonds. The van der Waals surface area contributed by atoms with Gasteiger partial charge in [-0.1, -0.05) is 6.07 Å². The van der Waals surface area contributed by atoms with Gasteiger partial charge < -0.3 is 10.2 Å². The second-order valence-corrected chi connectivity index (χ2v) is 4.39. The maximum absolute atomic E-state index is 8.60. The Balaban J connectivity index is 2.15. The lowest BCUT2D eigenvalue weighted by atomic mass is 10.2. The molecule has 0 fully saturated rings. The molecule has 6 nitrogen and oxygen atoms in total. The number of aromatic nitrogens is 3. The van der Waals surface area contributed by atoms with Crippen LogP contribution in [0.4, 0.5) is 11.6 Å². The van der Waals surface area contributed by atoms with Gasteiger partial charge in [-0.2, -0.15) is 5.26 Å². The minimum Gasteiger partial charge on any atom is -0.357 e. The predicted molar refractivity (Wildman–Crippen MR) is 77.2 cm³/mol. The van der Waals surface area contributed by atoms with E-state index in [2.05, 4.69) is 20.3 Å². The van der Waals surface area contributed by atoms with Crippen LogP contribution in [0.15, 0.2) is 30.6 Å². The van der Waals surface area contributed by atoms with Crippen molar-refractivity contribution in [3.63, 3.8) is 0 Å². The van der Waals surface area contributed by atoms with Crippen molar-refractivity contribution in [1.82, 2.24) is 15.0 Å². The van der Waals surface area contributed by atoms with E-state index in [1.165, 1.54) is 0 Å². The van der Waals surface area contributed by atoms with Crippen molar-refractivity contribution in [3.05, 3.63) is 42.0 Å². The molecule has 0 saturated carbocycles. The van der Waals surface area contributed by atoms with Crippen molar-refractivity contribution in [2.75, 3.05) is 23.8 Å². The van der Waals surface area contributed by atoms with Crippen molar-refractivity contribution < 1.29 is 0 Å². The fraction of sp³-hybridized carbons (Fsp3) is 0.286. The zero-order valence-corrected chi connectivity index (χ0v) is 11.5. The van der Waals surface area contributed by atoms with Crippen LogP contribution in [-0.4, -0.2) is 28.5 Å². The van der Waals surface area contributed by atoms with Crippen LogP contribution in [0.5, 0.6) is 0 Å². The lowest BCUT2D eigenvalue weighted by Crippen LogP contribution is -2.19. The molecule has 0 spiro atoms. The number of pyridine rings is 1. The van der Waals surface area contributed by atoms with E-state index < -0.39 is 0 Å². The Morgan fingerprint density at radius 3 is 2.95 bits per heavy atom. The summed E-state index contributed by atoms with van der Waals surface area (Å²) in [6.45, 7) is 2.77. The fourth-order valence-corrected chi connectivity index (χ4v) is 1.81. The molecule has 0 aliphatic carbocycles. The molecule has 1 N–H and O–H groups in total. The van der Waals surface area contributed by atoms with E-state index in [0.29, 0.717) is 18.2 Å². The summed E-state index contributed by atoms with van der Waals surface area (Å²) in [6.07, 6.45) is 3.58. The summed E-state index contributed by atoms with van der Waals surface area (Å²) in [7, 11) is 1.96. The van der Waals surface area contributed by atoms with Crippen LogP contribution in [0.3, 0.4) is 0 Å². The third kappa shape index (κ3) is 3.65. The highest BCUT2D eigenvalue weighted by molar-refractivity contribution is 5.49. The van der Waals surface area contributed by atoms with E-state index in [0.717, 1.165) is 11.4 Å². The molecule has 102 valence electrons. The van der Waals surface area contributed by atoms with Crippen LogP contribution < -0.4 is 10.2 Å². The quantitative estimate of drug-likeness (QED) is 0.832. The van der Waals surface area contributed by atoms with Crippen molar-refractivity contribution in [3.8, 4) is 6.07 Å². The molecule has 0 saturated heterocycles. The van der Waals surface area contributed by atoms with Crippen molar-refractivity contribution in [1.29, 1.82) is 5.26 Å². The van der Waals surface area contributed by atoms with E-state index >= 15 is 0 Å². The number of nitrogens with one attached hydrogen (secondary N) is 1. The highest BCUT2D eigenvalue weighted by atomic mass is 15.2. The first kappa shape index (κ1) is 13.7. The first-order chi connectivity index (χ1) is 9.69. The molecule has 0 aliphatic heterocycles. The SMILES string of the molecule is Cc1nc(NCC#N)cc(N(C)Cc2cccnc2)n1. The lowest BCUT2D eigenvalue weighted by molar-refractivity contribution is 0.875. The van der Waals surface area contributed by atoms with Crippen molar-refractivity contribution >= 4 is 11.6 Å². The van der Waals surface area contributed by atoms with E-state index in [-0.39, 0.29) is 6.54 Å². The van der Waals surface area contributed by atoms with Crippen LogP contribution >= 0.6 is 0 Å². The molecule has 0 radical (unpaired) electrons. The van der Waals surface area contributed by atoms with Crippen molar-refractivity contribution in [2.45, 2.75) is 13.5 Å². The number of hydrogen-bond acceptors (Lipinski definition) is 6. The van der Waals surface area contributed by atoms with Crippen LogP contribution in [0.2, 0.25) is 0 Å². The molecule has 2 heterocycles. The van der Waals surface area contributed by atoms with E-state index in [4.69, 9.17) is 5.26 Å². The fourth-order valence-electron chi connectivity index (χ4n) is 1.81. The van der Waals surface area contributed by atoms with Gasteiger partial charge in [0.25, 0.3) is 0 Å². The summed E-state index contributed by atoms with van der Waals surface area (Å²) in [6, 6.07) is 7.80. The van der Waals surface area contributed by atoms with Gasteiger partial charge in [-0.15, -0.1) is 0 Å². The first-order valence-corrected chi connectivity index (χ1v) is 6.25. The minimum atomic E-state index is 0.224. The molecular weight excluding hydrogens is 252 g/mol. The third-order valence-corrected chi connectivity index (χ3v) is 2.71. The molecule has 2 rings (SSSR count). The van der Waals surface area contributed by atoms with Gasteiger partial charge in [-0.3, -0.25) is 4.98 Å². The molecule has 0 unspecified atom stereocenters. The number of aryl methyl sites for hydroxylation is 1. The highest BCUT2D eigenvalue weighted by Crippen LogP contribution is 2.16. The molecule has 2 aromatic rings. The maximum Gasteiger partial charge on any atom is 0.134 e. The van der Waals surface area contributed by atoms with E-state index in [9.17, 15) is 0 Å². The highest BCUT2D eigenvalue weighted by Gasteiger charge is 2.07. The first-order valence-electron chi connectivity index (χ1n) is 6.25. The van der Waals surface area contributed by atoms with Gasteiger partial charge in [0.15, 0.2) is 0 Å². The minimum absolute atomic E-state index is 0.224. The molecule has 0 bridgehead atoms. The van der Waals surface area contributed by atoms with Crippen LogP contribution in [-0.2, 0) is 6.54 Å². The van der Waals surface area contributed by atoms with Gasteiger partial charge in [0, 0.05) is 32.1 Å². The topological polar surface area (TPSA) is 77.7 Å². The molecule has 2 aromatic heterocycles. The number of nitriles is 1. The summed E-state index contributed by atoms with van der Waals surface area (Å²) in [4.78, 5) is 14.8. The Bertz CT molecular complexity index is 605. The molecule has 20 heavy (non-hydrogen) atoms. The van der Waals surface area contributed by atoms with Crippen LogP contribution in [0.1, 0.15) is 11.4 Å². The summed E-state index contributed by atoms with van der Waals surface area (Å²) in [5.74, 6) is 2.13. The third-order valence-electron chi connectivity index (χ3n) is 2.71. The number of anilines is 2. The van der Waals surface area contributed by atoms with Gasteiger partial charge >= 0.3 is 0 Å². The van der Waals surface area contributed by atoms with Crippen LogP contribution in [0, 0.1) is 18.3 Å². The Labute approximate surface area is 118 Å². The molecule has 6 heteroatoms. The maximum atomic E-state index is 8.60. The zero-order chi connectivity index (χ0) is 14.4. The standard InChI is InChI=1S/C14H16N6/c1-11-18-13(17-7-5-15)8-14(19-11)20(2)10-12-4-3-6-16-9-12/h3-4,6,8-9H,7,10H2,1-2H3,(H,17,18,19). The van der Waals surface area contributed by atoms with Gasteiger partial charge in [-0.25, -0.2) is 9.97 Å². The van der Waals surface area contributed by atoms with Gasteiger partial charge in [0.05, 0.1) is 6.07 Å². The number of hydrogen-bond donors (Lipinski definition) is 1.